The minimum absolute atomic E-state index is 0.699. The van der Waals surface area contributed by atoms with Gasteiger partial charge in [-0.1, -0.05) is 12.1 Å². The fourth-order valence-electron chi connectivity index (χ4n) is 2.49. The Balaban J connectivity index is 1.80. The Labute approximate surface area is 143 Å². The fourth-order valence-corrected chi connectivity index (χ4v) is 2.87. The molecule has 1 amide bonds. The Kier molecular flexibility index (Phi) is 4.76. The molecule has 6 nitrogen and oxygen atoms in total. The van der Waals surface area contributed by atoms with Gasteiger partial charge in [-0.25, -0.2) is 4.98 Å². The van der Waals surface area contributed by atoms with Crippen molar-refractivity contribution in [2.24, 2.45) is 0 Å². The van der Waals surface area contributed by atoms with Crippen molar-refractivity contribution in [1.82, 2.24) is 14.9 Å². The van der Waals surface area contributed by atoms with Crippen LogP contribution < -0.4 is 10.2 Å². The smallest absolute Gasteiger partial charge is 0.227 e. The van der Waals surface area contributed by atoms with Gasteiger partial charge in [0.15, 0.2) is 0 Å². The molecule has 120 valence electrons. The van der Waals surface area contributed by atoms with Crippen molar-refractivity contribution >= 4 is 39.8 Å². The highest BCUT2D eigenvalue weighted by Crippen LogP contribution is 2.25. The van der Waals surface area contributed by atoms with Crippen LogP contribution in [-0.4, -0.2) is 47.5 Å². The Bertz CT molecular complexity index is 701. The minimum atomic E-state index is 0.699. The number of para-hydroxylation sites is 1. The van der Waals surface area contributed by atoms with Gasteiger partial charge in [-0.2, -0.15) is 4.98 Å². The van der Waals surface area contributed by atoms with E-state index >= 15 is 0 Å². The molecule has 1 aliphatic heterocycles. The number of rotatable bonds is 4. The van der Waals surface area contributed by atoms with Crippen molar-refractivity contribution in [3.8, 4) is 0 Å². The first-order valence-corrected chi connectivity index (χ1v) is 8.26. The van der Waals surface area contributed by atoms with Crippen LogP contribution >= 0.6 is 15.9 Å². The van der Waals surface area contributed by atoms with E-state index in [1.807, 2.05) is 37.3 Å². The van der Waals surface area contributed by atoms with Gasteiger partial charge in [0, 0.05) is 42.4 Å². The quantitative estimate of drug-likeness (QED) is 0.832. The SMILES string of the molecule is Cc1cc(Nc2ccccc2Br)nc(N2CCN(C=O)CC2)n1. The maximum Gasteiger partial charge on any atom is 0.227 e. The molecule has 0 spiro atoms. The van der Waals surface area contributed by atoms with Crippen LogP contribution in [0.25, 0.3) is 0 Å². The van der Waals surface area contributed by atoms with E-state index in [9.17, 15) is 4.79 Å². The van der Waals surface area contributed by atoms with Gasteiger partial charge in [0.05, 0.1) is 5.69 Å². The third kappa shape index (κ3) is 3.79. The van der Waals surface area contributed by atoms with Gasteiger partial charge in [0.2, 0.25) is 12.4 Å². The molecule has 0 unspecified atom stereocenters. The predicted molar refractivity (Wildman–Crippen MR) is 94.0 cm³/mol. The third-order valence-corrected chi connectivity index (χ3v) is 4.42. The van der Waals surface area contributed by atoms with Gasteiger partial charge in [0.1, 0.15) is 5.82 Å². The number of halogens is 1. The van der Waals surface area contributed by atoms with E-state index in [-0.39, 0.29) is 0 Å². The van der Waals surface area contributed by atoms with E-state index < -0.39 is 0 Å². The summed E-state index contributed by atoms with van der Waals surface area (Å²) in [5.41, 5.74) is 1.87. The van der Waals surface area contributed by atoms with E-state index in [0.29, 0.717) is 19.0 Å². The summed E-state index contributed by atoms with van der Waals surface area (Å²) in [5.74, 6) is 1.46. The molecule has 1 aromatic carbocycles. The van der Waals surface area contributed by atoms with Gasteiger partial charge in [-0.3, -0.25) is 4.79 Å². The summed E-state index contributed by atoms with van der Waals surface area (Å²) in [7, 11) is 0. The molecule has 23 heavy (non-hydrogen) atoms. The van der Waals surface area contributed by atoms with Gasteiger partial charge in [-0.05, 0) is 35.0 Å². The lowest BCUT2D eigenvalue weighted by atomic mass is 10.3. The lowest BCUT2D eigenvalue weighted by Gasteiger charge is -2.32. The first kappa shape index (κ1) is 15.7. The molecule has 1 aromatic heterocycles. The lowest BCUT2D eigenvalue weighted by Crippen LogP contribution is -2.46. The van der Waals surface area contributed by atoms with Crippen LogP contribution in [-0.2, 0) is 4.79 Å². The summed E-state index contributed by atoms with van der Waals surface area (Å²) in [6.07, 6.45) is 0.897. The minimum Gasteiger partial charge on any atom is -0.342 e. The van der Waals surface area contributed by atoms with Gasteiger partial charge >= 0.3 is 0 Å². The molecule has 0 saturated carbocycles. The molecule has 0 radical (unpaired) electrons. The van der Waals surface area contributed by atoms with Crippen molar-refractivity contribution in [2.45, 2.75) is 6.92 Å². The van der Waals surface area contributed by atoms with E-state index in [0.717, 1.165) is 41.2 Å². The molecule has 0 atom stereocenters. The molecule has 2 aromatic rings. The van der Waals surface area contributed by atoms with Crippen molar-refractivity contribution in [2.75, 3.05) is 36.4 Å². The van der Waals surface area contributed by atoms with Gasteiger partial charge < -0.3 is 15.1 Å². The second kappa shape index (κ2) is 6.95. The maximum absolute atomic E-state index is 10.8. The zero-order valence-corrected chi connectivity index (χ0v) is 14.5. The summed E-state index contributed by atoms with van der Waals surface area (Å²) < 4.78 is 0.984. The van der Waals surface area contributed by atoms with Crippen molar-refractivity contribution in [3.05, 3.63) is 40.5 Å². The predicted octanol–water partition coefficient (Wildman–Crippen LogP) is 2.57. The topological polar surface area (TPSA) is 61.4 Å². The highest BCUT2D eigenvalue weighted by molar-refractivity contribution is 9.10. The van der Waals surface area contributed by atoms with Crippen LogP contribution in [0.4, 0.5) is 17.5 Å². The molecular weight excluding hydrogens is 358 g/mol. The molecule has 7 heteroatoms. The summed E-state index contributed by atoms with van der Waals surface area (Å²) in [6, 6.07) is 9.84. The number of anilines is 3. The molecule has 0 aliphatic carbocycles. The normalized spacial score (nSPS) is 14.7. The van der Waals surface area contributed by atoms with E-state index in [4.69, 9.17) is 0 Å². The largest absolute Gasteiger partial charge is 0.342 e. The average molecular weight is 376 g/mol. The third-order valence-electron chi connectivity index (χ3n) is 3.73. The molecule has 1 saturated heterocycles. The Hall–Kier alpha value is -2.15. The lowest BCUT2D eigenvalue weighted by molar-refractivity contribution is -0.118. The number of carbonyl (C=O) groups is 1. The summed E-state index contributed by atoms with van der Waals surface area (Å²) in [4.78, 5) is 23.8. The second-order valence-electron chi connectivity index (χ2n) is 5.43. The Morgan fingerprint density at radius 3 is 2.61 bits per heavy atom. The highest BCUT2D eigenvalue weighted by atomic mass is 79.9. The van der Waals surface area contributed by atoms with Crippen molar-refractivity contribution in [3.63, 3.8) is 0 Å². The maximum atomic E-state index is 10.8. The summed E-state index contributed by atoms with van der Waals surface area (Å²) in [5, 5.41) is 3.32. The Morgan fingerprint density at radius 2 is 1.91 bits per heavy atom. The molecule has 3 rings (SSSR count). The molecule has 1 fully saturated rings. The number of nitrogens with zero attached hydrogens (tertiary/aromatic N) is 4. The molecular formula is C16H18BrN5O. The van der Waals surface area contributed by atoms with E-state index in [1.165, 1.54) is 0 Å². The van der Waals surface area contributed by atoms with Crippen molar-refractivity contribution < 1.29 is 4.79 Å². The number of carbonyl (C=O) groups excluding carboxylic acids is 1. The summed E-state index contributed by atoms with van der Waals surface area (Å²) >= 11 is 3.53. The molecule has 2 heterocycles. The molecule has 1 aliphatic rings. The van der Waals surface area contributed by atoms with Crippen LogP contribution in [0, 0.1) is 6.92 Å². The van der Waals surface area contributed by atoms with E-state index in [1.54, 1.807) is 4.90 Å². The van der Waals surface area contributed by atoms with Crippen molar-refractivity contribution in [1.29, 1.82) is 0 Å². The van der Waals surface area contributed by atoms with Crippen LogP contribution in [0.5, 0.6) is 0 Å². The monoisotopic (exact) mass is 375 g/mol. The number of piperazine rings is 1. The number of amides is 1. The first-order chi connectivity index (χ1) is 11.2. The number of benzene rings is 1. The molecule has 0 bridgehead atoms. The van der Waals surface area contributed by atoms with Crippen LogP contribution in [0.3, 0.4) is 0 Å². The zero-order chi connectivity index (χ0) is 16.2. The molecule has 1 N–H and O–H groups in total. The first-order valence-electron chi connectivity index (χ1n) is 7.47. The zero-order valence-electron chi connectivity index (χ0n) is 12.9. The fraction of sp³-hybridized carbons (Fsp3) is 0.312. The highest BCUT2D eigenvalue weighted by Gasteiger charge is 2.18. The number of aryl methyl sites for hydroxylation is 1. The van der Waals surface area contributed by atoms with Crippen LogP contribution in [0.15, 0.2) is 34.8 Å². The number of nitrogens with one attached hydrogen (secondary N) is 1. The van der Waals surface area contributed by atoms with Gasteiger partial charge in [0.25, 0.3) is 0 Å². The average Bonchev–Trinajstić information content (AvgIpc) is 2.56. The van der Waals surface area contributed by atoms with Crippen LogP contribution in [0.1, 0.15) is 5.69 Å². The number of aromatic nitrogens is 2. The standard InChI is InChI=1S/C16H18BrN5O/c1-12-10-15(19-14-5-3-2-4-13(14)17)20-16(18-12)22-8-6-21(11-23)7-9-22/h2-5,10-11H,6-9H2,1H3,(H,18,19,20). The van der Waals surface area contributed by atoms with E-state index in [2.05, 4.69) is 36.1 Å². The van der Waals surface area contributed by atoms with Crippen LogP contribution in [0.2, 0.25) is 0 Å². The van der Waals surface area contributed by atoms with Gasteiger partial charge in [-0.15, -0.1) is 0 Å². The Morgan fingerprint density at radius 1 is 1.17 bits per heavy atom. The number of hydrogen-bond donors (Lipinski definition) is 1. The summed E-state index contributed by atoms with van der Waals surface area (Å²) in [6.45, 7) is 4.85. The second-order valence-corrected chi connectivity index (χ2v) is 6.28. The number of hydrogen-bond acceptors (Lipinski definition) is 5.